The lowest BCUT2D eigenvalue weighted by atomic mass is 10.1. The van der Waals surface area contributed by atoms with E-state index in [1.54, 1.807) is 6.07 Å². The average Bonchev–Trinajstić information content (AvgIpc) is 3.12. The largest absolute Gasteiger partial charge is 0.379 e. The van der Waals surface area contributed by atoms with Gasteiger partial charge in [0.15, 0.2) is 5.65 Å². The molecule has 0 bridgehead atoms. The summed E-state index contributed by atoms with van der Waals surface area (Å²) in [6.45, 7) is 2.64. The van der Waals surface area contributed by atoms with Crippen LogP contribution in [-0.4, -0.2) is 14.6 Å². The highest BCUT2D eigenvalue weighted by atomic mass is 16.1. The number of fused-ring (bicyclic) bond motifs is 1. The number of benzene rings is 2. The summed E-state index contributed by atoms with van der Waals surface area (Å²) in [6, 6.07) is 21.7. The maximum atomic E-state index is 12.4. The molecular weight excluding hydrogens is 324 g/mol. The van der Waals surface area contributed by atoms with Crippen molar-refractivity contribution >= 4 is 11.3 Å². The molecule has 0 unspecified atom stereocenters. The summed E-state index contributed by atoms with van der Waals surface area (Å²) in [5, 5.41) is 6.44. The molecule has 0 fully saturated rings. The van der Waals surface area contributed by atoms with Crippen LogP contribution in [0.15, 0.2) is 71.5 Å². The minimum Gasteiger partial charge on any atom is -0.379 e. The molecule has 2 heterocycles. The zero-order valence-corrected chi connectivity index (χ0v) is 14.6. The molecule has 4 aromatic rings. The first-order chi connectivity index (χ1) is 12.7. The number of hydrogen-bond acceptors (Lipinski definition) is 3. The Morgan fingerprint density at radius 3 is 2.54 bits per heavy atom. The van der Waals surface area contributed by atoms with Crippen molar-refractivity contribution in [1.82, 2.24) is 14.6 Å². The van der Waals surface area contributed by atoms with E-state index in [2.05, 4.69) is 34.5 Å². The van der Waals surface area contributed by atoms with Gasteiger partial charge in [-0.1, -0.05) is 49.4 Å². The zero-order chi connectivity index (χ0) is 17.9. The summed E-state index contributed by atoms with van der Waals surface area (Å²) < 4.78 is 1.47. The number of aromatic amines is 1. The van der Waals surface area contributed by atoms with Crippen LogP contribution >= 0.6 is 0 Å². The van der Waals surface area contributed by atoms with Crippen LogP contribution in [-0.2, 0) is 13.0 Å². The van der Waals surface area contributed by atoms with E-state index in [9.17, 15) is 4.79 Å². The summed E-state index contributed by atoms with van der Waals surface area (Å²) in [6.07, 6.45) is 1.02. The van der Waals surface area contributed by atoms with Crippen LogP contribution in [0.2, 0.25) is 0 Å². The maximum absolute atomic E-state index is 12.4. The van der Waals surface area contributed by atoms with Crippen molar-refractivity contribution in [3.05, 3.63) is 88.3 Å². The molecule has 4 rings (SSSR count). The van der Waals surface area contributed by atoms with Crippen molar-refractivity contribution in [2.45, 2.75) is 19.9 Å². The lowest BCUT2D eigenvalue weighted by Crippen LogP contribution is -2.16. The summed E-state index contributed by atoms with van der Waals surface area (Å²) in [4.78, 5) is 17.0. The van der Waals surface area contributed by atoms with Crippen LogP contribution < -0.4 is 10.9 Å². The second kappa shape index (κ2) is 6.88. The van der Waals surface area contributed by atoms with Gasteiger partial charge >= 0.3 is 0 Å². The standard InChI is InChI=1S/C21H20N4O/c1-2-15-8-10-17(11-9-15)22-14-18-12-21(26)25-20(23-18)13-19(24-25)16-6-4-3-5-7-16/h3-13,22,24H,2,14H2,1H3. The molecule has 2 aromatic heterocycles. The molecule has 0 saturated carbocycles. The number of aromatic nitrogens is 3. The molecule has 0 saturated heterocycles. The van der Waals surface area contributed by atoms with Crippen LogP contribution in [0.25, 0.3) is 16.9 Å². The van der Waals surface area contributed by atoms with Gasteiger partial charge < -0.3 is 5.32 Å². The lowest BCUT2D eigenvalue weighted by molar-refractivity contribution is 0.880. The van der Waals surface area contributed by atoms with Gasteiger partial charge in [0.2, 0.25) is 0 Å². The molecule has 0 radical (unpaired) electrons. The van der Waals surface area contributed by atoms with E-state index in [4.69, 9.17) is 0 Å². The second-order valence-electron chi connectivity index (χ2n) is 6.22. The van der Waals surface area contributed by atoms with Crippen molar-refractivity contribution in [1.29, 1.82) is 0 Å². The molecule has 2 aromatic carbocycles. The third-order valence-corrected chi connectivity index (χ3v) is 4.42. The molecule has 0 atom stereocenters. The Hall–Kier alpha value is -3.34. The molecule has 0 spiro atoms. The van der Waals surface area contributed by atoms with Crippen LogP contribution in [0.5, 0.6) is 0 Å². The zero-order valence-electron chi connectivity index (χ0n) is 14.6. The Balaban J connectivity index is 1.59. The highest BCUT2D eigenvalue weighted by Crippen LogP contribution is 2.18. The van der Waals surface area contributed by atoms with Crippen molar-refractivity contribution in [2.24, 2.45) is 0 Å². The fraction of sp³-hybridized carbons (Fsp3) is 0.143. The molecule has 0 aliphatic carbocycles. The van der Waals surface area contributed by atoms with Crippen LogP contribution in [0.4, 0.5) is 5.69 Å². The third kappa shape index (κ3) is 3.24. The molecule has 0 aliphatic rings. The van der Waals surface area contributed by atoms with Crippen molar-refractivity contribution in [2.75, 3.05) is 5.32 Å². The van der Waals surface area contributed by atoms with Crippen molar-refractivity contribution in [3.63, 3.8) is 0 Å². The number of nitrogens with zero attached hydrogens (tertiary/aromatic N) is 2. The van der Waals surface area contributed by atoms with E-state index >= 15 is 0 Å². The first-order valence-corrected chi connectivity index (χ1v) is 8.73. The highest BCUT2D eigenvalue weighted by Gasteiger charge is 2.08. The molecule has 0 amide bonds. The number of nitrogens with one attached hydrogen (secondary N) is 2. The van der Waals surface area contributed by atoms with E-state index in [1.807, 2.05) is 48.5 Å². The topological polar surface area (TPSA) is 62.2 Å². The number of hydrogen-bond donors (Lipinski definition) is 2. The van der Waals surface area contributed by atoms with Gasteiger partial charge in [-0.05, 0) is 29.7 Å². The van der Waals surface area contributed by atoms with Gasteiger partial charge in [0.05, 0.1) is 17.9 Å². The summed E-state index contributed by atoms with van der Waals surface area (Å²) >= 11 is 0. The number of H-pyrrole nitrogens is 1. The van der Waals surface area contributed by atoms with E-state index in [-0.39, 0.29) is 5.56 Å². The van der Waals surface area contributed by atoms with Gasteiger partial charge in [-0.15, -0.1) is 0 Å². The minimum atomic E-state index is -0.115. The highest BCUT2D eigenvalue weighted by molar-refractivity contribution is 5.63. The maximum Gasteiger partial charge on any atom is 0.272 e. The Bertz CT molecular complexity index is 1080. The minimum absolute atomic E-state index is 0.115. The molecule has 130 valence electrons. The summed E-state index contributed by atoms with van der Waals surface area (Å²) in [5.74, 6) is 0. The van der Waals surface area contributed by atoms with Crippen molar-refractivity contribution < 1.29 is 0 Å². The normalized spacial score (nSPS) is 11.0. The van der Waals surface area contributed by atoms with Crippen LogP contribution in [0.3, 0.4) is 0 Å². The molecule has 5 heteroatoms. The smallest absolute Gasteiger partial charge is 0.272 e. The predicted molar refractivity (Wildman–Crippen MR) is 104 cm³/mol. The van der Waals surface area contributed by atoms with E-state index in [0.29, 0.717) is 17.9 Å². The Kier molecular flexibility index (Phi) is 4.27. The van der Waals surface area contributed by atoms with E-state index < -0.39 is 0 Å². The first-order valence-electron chi connectivity index (χ1n) is 8.73. The fourth-order valence-corrected chi connectivity index (χ4v) is 2.95. The quantitative estimate of drug-likeness (QED) is 0.578. The lowest BCUT2D eigenvalue weighted by Gasteiger charge is -2.06. The molecule has 2 N–H and O–H groups in total. The van der Waals surface area contributed by atoms with Gasteiger partial charge in [0.25, 0.3) is 5.56 Å². The Morgan fingerprint density at radius 1 is 1.04 bits per heavy atom. The molecular formula is C21H20N4O. The fourth-order valence-electron chi connectivity index (χ4n) is 2.95. The Morgan fingerprint density at radius 2 is 1.81 bits per heavy atom. The van der Waals surface area contributed by atoms with Gasteiger partial charge in [0, 0.05) is 17.8 Å². The monoisotopic (exact) mass is 344 g/mol. The van der Waals surface area contributed by atoms with Gasteiger partial charge in [0.1, 0.15) is 0 Å². The number of anilines is 1. The molecule has 5 nitrogen and oxygen atoms in total. The van der Waals surface area contributed by atoms with E-state index in [0.717, 1.165) is 23.4 Å². The SMILES string of the molecule is CCc1ccc(NCc2cc(=O)n3[nH]c(-c4ccccc4)cc3n2)cc1. The predicted octanol–water partition coefficient (Wildman–Crippen LogP) is 3.86. The second-order valence-corrected chi connectivity index (χ2v) is 6.22. The van der Waals surface area contributed by atoms with E-state index in [1.165, 1.54) is 10.1 Å². The van der Waals surface area contributed by atoms with Crippen LogP contribution in [0, 0.1) is 0 Å². The Labute approximate surface area is 151 Å². The summed E-state index contributed by atoms with van der Waals surface area (Å²) in [7, 11) is 0. The first kappa shape index (κ1) is 16.1. The summed E-state index contributed by atoms with van der Waals surface area (Å²) in [5.41, 5.74) is 5.43. The van der Waals surface area contributed by atoms with Gasteiger partial charge in [-0.2, -0.15) is 0 Å². The molecule has 0 aliphatic heterocycles. The van der Waals surface area contributed by atoms with Crippen molar-refractivity contribution in [3.8, 4) is 11.3 Å². The van der Waals surface area contributed by atoms with Gasteiger partial charge in [-0.25, -0.2) is 9.50 Å². The third-order valence-electron chi connectivity index (χ3n) is 4.42. The van der Waals surface area contributed by atoms with Gasteiger partial charge in [-0.3, -0.25) is 9.89 Å². The van der Waals surface area contributed by atoms with Crippen LogP contribution in [0.1, 0.15) is 18.2 Å². The number of rotatable bonds is 5. The average molecular weight is 344 g/mol. The molecule has 26 heavy (non-hydrogen) atoms. The number of aryl methyl sites for hydroxylation is 1.